The summed E-state index contributed by atoms with van der Waals surface area (Å²) in [5.74, 6) is 1.72. The molecule has 1 N–H and O–H groups in total. The average molecular weight is 287 g/mol. The van der Waals surface area contributed by atoms with Gasteiger partial charge < -0.3 is 14.8 Å². The fraction of sp³-hybridized carbons (Fsp3) is 0.471. The fourth-order valence-corrected chi connectivity index (χ4v) is 3.50. The molecular weight excluding hydrogens is 266 g/mol. The molecule has 0 saturated carbocycles. The number of hydrogen-bond donors (Lipinski definition) is 1. The Kier molecular flexibility index (Phi) is 3.72. The number of methoxy groups -OCH3 is 2. The summed E-state index contributed by atoms with van der Waals surface area (Å²) >= 11 is 0. The normalized spacial score (nSPS) is 27.5. The van der Waals surface area contributed by atoms with Crippen LogP contribution >= 0.6 is 0 Å². The van der Waals surface area contributed by atoms with Crippen molar-refractivity contribution in [2.75, 3.05) is 20.8 Å². The Morgan fingerprint density at radius 1 is 1.29 bits per heavy atom. The van der Waals surface area contributed by atoms with E-state index in [0.717, 1.165) is 30.9 Å². The lowest BCUT2D eigenvalue weighted by atomic mass is 9.71. The minimum atomic E-state index is 0.0491. The van der Waals surface area contributed by atoms with Crippen LogP contribution in [0.25, 0.3) is 0 Å². The molecule has 1 aromatic rings. The van der Waals surface area contributed by atoms with E-state index < -0.39 is 0 Å². The van der Waals surface area contributed by atoms with Crippen LogP contribution in [-0.4, -0.2) is 32.6 Å². The van der Waals surface area contributed by atoms with E-state index in [-0.39, 0.29) is 17.2 Å². The highest BCUT2D eigenvalue weighted by atomic mass is 16.5. The lowest BCUT2D eigenvalue weighted by Crippen LogP contribution is -2.41. The van der Waals surface area contributed by atoms with Gasteiger partial charge in [0.05, 0.1) is 14.2 Å². The molecule has 0 bridgehead atoms. The van der Waals surface area contributed by atoms with E-state index in [9.17, 15) is 4.79 Å². The van der Waals surface area contributed by atoms with Gasteiger partial charge in [-0.3, -0.25) is 4.79 Å². The van der Waals surface area contributed by atoms with Gasteiger partial charge in [-0.1, -0.05) is 12.1 Å². The molecule has 21 heavy (non-hydrogen) atoms. The Balaban J connectivity index is 1.88. The van der Waals surface area contributed by atoms with Crippen LogP contribution in [0.3, 0.4) is 0 Å². The largest absolute Gasteiger partial charge is 0.493 e. The summed E-state index contributed by atoms with van der Waals surface area (Å²) in [7, 11) is 3.29. The summed E-state index contributed by atoms with van der Waals surface area (Å²) in [6.07, 6.45) is 6.44. The van der Waals surface area contributed by atoms with E-state index >= 15 is 0 Å². The number of allylic oxidation sites excluding steroid dienone is 1. The zero-order valence-electron chi connectivity index (χ0n) is 12.5. The Bertz CT molecular complexity index is 581. The molecule has 2 unspecified atom stereocenters. The van der Waals surface area contributed by atoms with Crippen LogP contribution in [0.2, 0.25) is 0 Å². The van der Waals surface area contributed by atoms with Crippen molar-refractivity contribution in [3.63, 3.8) is 0 Å². The smallest absolute Gasteiger partial charge is 0.160 e. The number of fused-ring (bicyclic) bond motifs is 1. The van der Waals surface area contributed by atoms with Gasteiger partial charge in [0, 0.05) is 17.9 Å². The second-order valence-electron chi connectivity index (χ2n) is 5.86. The van der Waals surface area contributed by atoms with Crippen molar-refractivity contribution < 1.29 is 14.3 Å². The molecule has 2 aliphatic rings. The molecule has 4 nitrogen and oxygen atoms in total. The lowest BCUT2D eigenvalue weighted by molar-refractivity contribution is -0.116. The van der Waals surface area contributed by atoms with Crippen LogP contribution < -0.4 is 14.8 Å². The Labute approximate surface area is 125 Å². The Hall–Kier alpha value is -1.81. The number of carbonyl (C=O) groups excluding carboxylic acids is 1. The highest BCUT2D eigenvalue weighted by molar-refractivity contribution is 5.91. The number of nitrogens with one attached hydrogen (secondary N) is 1. The van der Waals surface area contributed by atoms with Gasteiger partial charge in [-0.05, 0) is 43.2 Å². The van der Waals surface area contributed by atoms with Gasteiger partial charge in [-0.25, -0.2) is 0 Å². The van der Waals surface area contributed by atoms with Crippen LogP contribution in [0.5, 0.6) is 11.5 Å². The first-order valence-corrected chi connectivity index (χ1v) is 7.33. The van der Waals surface area contributed by atoms with Crippen molar-refractivity contribution in [1.29, 1.82) is 0 Å². The van der Waals surface area contributed by atoms with Crippen molar-refractivity contribution in [3.8, 4) is 11.5 Å². The number of hydrogen-bond acceptors (Lipinski definition) is 4. The van der Waals surface area contributed by atoms with E-state index in [1.54, 1.807) is 20.3 Å². The van der Waals surface area contributed by atoms with Crippen LogP contribution in [0.4, 0.5) is 0 Å². The van der Waals surface area contributed by atoms with Crippen molar-refractivity contribution >= 4 is 5.78 Å². The second-order valence-corrected chi connectivity index (χ2v) is 5.86. The molecule has 3 rings (SSSR count). The van der Waals surface area contributed by atoms with Gasteiger partial charge in [0.1, 0.15) is 0 Å². The number of benzene rings is 1. The third kappa shape index (κ3) is 2.56. The standard InChI is InChI=1S/C17H21NO3/c1-20-14-4-3-12(9-15(14)21-2)11-17-6-5-13(19)10-16(17)18-8-7-17/h3-6,9,16,18H,7-8,10-11H2,1-2H3. The molecule has 4 heteroatoms. The summed E-state index contributed by atoms with van der Waals surface area (Å²) in [4.78, 5) is 11.6. The average Bonchev–Trinajstić information content (AvgIpc) is 2.90. The topological polar surface area (TPSA) is 47.6 Å². The van der Waals surface area contributed by atoms with Crippen LogP contribution in [0, 0.1) is 5.41 Å². The molecule has 1 aromatic carbocycles. The first kappa shape index (κ1) is 14.1. The molecule has 112 valence electrons. The Morgan fingerprint density at radius 2 is 2.10 bits per heavy atom. The first-order chi connectivity index (χ1) is 10.2. The van der Waals surface area contributed by atoms with Crippen molar-refractivity contribution in [2.24, 2.45) is 5.41 Å². The minimum Gasteiger partial charge on any atom is -0.493 e. The first-order valence-electron chi connectivity index (χ1n) is 7.33. The van der Waals surface area contributed by atoms with Crippen LogP contribution in [0.15, 0.2) is 30.4 Å². The molecule has 0 amide bonds. The monoisotopic (exact) mass is 287 g/mol. The second kappa shape index (κ2) is 5.53. The quantitative estimate of drug-likeness (QED) is 0.921. The predicted octanol–water partition coefficient (Wildman–Crippen LogP) is 2.12. The van der Waals surface area contributed by atoms with Gasteiger partial charge in [0.15, 0.2) is 17.3 Å². The number of ether oxygens (including phenoxy) is 2. The number of ketones is 1. The summed E-state index contributed by atoms with van der Waals surface area (Å²) < 4.78 is 10.7. The number of carbonyl (C=O) groups is 1. The van der Waals surface area contributed by atoms with Crippen LogP contribution in [-0.2, 0) is 11.2 Å². The number of rotatable bonds is 4. The molecule has 1 heterocycles. The lowest BCUT2D eigenvalue weighted by Gasteiger charge is -2.34. The zero-order valence-corrected chi connectivity index (χ0v) is 12.5. The van der Waals surface area contributed by atoms with Gasteiger partial charge >= 0.3 is 0 Å². The molecule has 0 spiro atoms. The maximum Gasteiger partial charge on any atom is 0.160 e. The fourth-order valence-electron chi connectivity index (χ4n) is 3.50. The van der Waals surface area contributed by atoms with E-state index in [1.165, 1.54) is 5.56 Å². The third-order valence-electron chi connectivity index (χ3n) is 4.66. The molecule has 2 atom stereocenters. The van der Waals surface area contributed by atoms with Crippen molar-refractivity contribution in [2.45, 2.75) is 25.3 Å². The van der Waals surface area contributed by atoms with E-state index in [1.807, 2.05) is 12.1 Å². The van der Waals surface area contributed by atoms with E-state index in [2.05, 4.69) is 17.5 Å². The van der Waals surface area contributed by atoms with E-state index in [0.29, 0.717) is 6.42 Å². The highest BCUT2D eigenvalue weighted by Crippen LogP contribution is 2.41. The summed E-state index contributed by atoms with van der Waals surface area (Å²) in [6.45, 7) is 0.968. The molecule has 1 aliphatic heterocycles. The predicted molar refractivity (Wildman–Crippen MR) is 80.9 cm³/mol. The van der Waals surface area contributed by atoms with Gasteiger partial charge in [-0.15, -0.1) is 0 Å². The Morgan fingerprint density at radius 3 is 2.86 bits per heavy atom. The summed E-state index contributed by atoms with van der Waals surface area (Å²) in [5, 5.41) is 3.47. The molecule has 1 aliphatic carbocycles. The van der Waals surface area contributed by atoms with Crippen molar-refractivity contribution in [3.05, 3.63) is 35.9 Å². The maximum absolute atomic E-state index is 11.6. The molecule has 0 radical (unpaired) electrons. The van der Waals surface area contributed by atoms with Crippen molar-refractivity contribution in [1.82, 2.24) is 5.32 Å². The highest BCUT2D eigenvalue weighted by Gasteiger charge is 2.43. The molecule has 0 aromatic heterocycles. The minimum absolute atomic E-state index is 0.0491. The summed E-state index contributed by atoms with van der Waals surface area (Å²) in [6, 6.07) is 6.31. The maximum atomic E-state index is 11.6. The van der Waals surface area contributed by atoms with Crippen LogP contribution in [0.1, 0.15) is 18.4 Å². The summed E-state index contributed by atoms with van der Waals surface area (Å²) in [5.41, 5.74) is 1.26. The van der Waals surface area contributed by atoms with Gasteiger partial charge in [0.25, 0.3) is 0 Å². The molecule has 1 saturated heterocycles. The third-order valence-corrected chi connectivity index (χ3v) is 4.66. The molecular formula is C17H21NO3. The van der Waals surface area contributed by atoms with Gasteiger partial charge in [0.2, 0.25) is 0 Å². The molecule has 1 fully saturated rings. The van der Waals surface area contributed by atoms with E-state index in [4.69, 9.17) is 9.47 Å². The SMILES string of the molecule is COc1ccc(CC23C=CC(=O)CC2NCC3)cc1OC. The van der Waals surface area contributed by atoms with Gasteiger partial charge in [-0.2, -0.15) is 0 Å². The zero-order chi connectivity index (χ0) is 14.9.